The van der Waals surface area contributed by atoms with Gasteiger partial charge >= 0.3 is 0 Å². The van der Waals surface area contributed by atoms with Crippen LogP contribution in [0.25, 0.3) is 0 Å². The summed E-state index contributed by atoms with van der Waals surface area (Å²) in [6.45, 7) is 10.0. The van der Waals surface area contributed by atoms with Gasteiger partial charge in [0.25, 0.3) is 0 Å². The fourth-order valence-electron chi connectivity index (χ4n) is 4.21. The summed E-state index contributed by atoms with van der Waals surface area (Å²) in [5, 5.41) is 7.10. The standard InChI is InChI=1S/C23H38N4O.HI/c1-23(2,3)28-17-19-9-7-8-18(14-19)15-25-22(24-4)26-20-12-13-27(16-20)21-10-5-6-11-21;/h7-9,14,20-21H,5-6,10-13,15-17H2,1-4H3,(H2,24,25,26);1H. The number of halogens is 1. The fraction of sp³-hybridized carbons (Fsp3) is 0.696. The van der Waals surface area contributed by atoms with E-state index in [1.54, 1.807) is 0 Å². The number of benzene rings is 1. The van der Waals surface area contributed by atoms with Crippen LogP contribution >= 0.6 is 24.0 Å². The van der Waals surface area contributed by atoms with Crippen molar-refractivity contribution in [3.05, 3.63) is 35.4 Å². The first kappa shape index (κ1) is 24.4. The van der Waals surface area contributed by atoms with Gasteiger partial charge in [-0.05, 0) is 51.2 Å². The van der Waals surface area contributed by atoms with Crippen LogP contribution in [0.3, 0.4) is 0 Å². The molecule has 0 radical (unpaired) electrons. The van der Waals surface area contributed by atoms with Gasteiger partial charge in [0.1, 0.15) is 0 Å². The molecule has 1 aliphatic carbocycles. The summed E-state index contributed by atoms with van der Waals surface area (Å²) in [4.78, 5) is 7.11. The van der Waals surface area contributed by atoms with E-state index in [0.29, 0.717) is 12.6 Å². The second kappa shape index (κ2) is 11.5. The predicted molar refractivity (Wildman–Crippen MR) is 132 cm³/mol. The maximum absolute atomic E-state index is 5.90. The summed E-state index contributed by atoms with van der Waals surface area (Å²) in [6, 6.07) is 9.91. The highest BCUT2D eigenvalue weighted by Gasteiger charge is 2.30. The summed E-state index contributed by atoms with van der Waals surface area (Å²) in [7, 11) is 1.85. The molecule has 164 valence electrons. The van der Waals surface area contributed by atoms with Crippen molar-refractivity contribution in [1.82, 2.24) is 15.5 Å². The second-order valence-electron chi connectivity index (χ2n) is 9.21. The first-order valence-electron chi connectivity index (χ1n) is 10.9. The normalized spacial score (nSPS) is 21.2. The Kier molecular flexibility index (Phi) is 9.69. The molecular weight excluding hydrogens is 475 g/mol. The number of guanidine groups is 1. The van der Waals surface area contributed by atoms with Gasteiger partial charge in [0, 0.05) is 38.8 Å². The van der Waals surface area contributed by atoms with Crippen LogP contribution < -0.4 is 10.6 Å². The maximum atomic E-state index is 5.90. The topological polar surface area (TPSA) is 48.9 Å². The van der Waals surface area contributed by atoms with Crippen molar-refractivity contribution in [2.45, 2.75) is 83.7 Å². The van der Waals surface area contributed by atoms with E-state index in [4.69, 9.17) is 4.74 Å². The maximum Gasteiger partial charge on any atom is 0.191 e. The number of nitrogens with zero attached hydrogens (tertiary/aromatic N) is 2. The Balaban J connectivity index is 0.00000300. The van der Waals surface area contributed by atoms with E-state index in [1.165, 1.54) is 49.8 Å². The molecule has 1 aromatic carbocycles. The molecule has 0 aromatic heterocycles. The van der Waals surface area contributed by atoms with Crippen LogP contribution in [0.1, 0.15) is 64.0 Å². The lowest BCUT2D eigenvalue weighted by Gasteiger charge is -2.24. The van der Waals surface area contributed by atoms with Gasteiger partial charge in [-0.2, -0.15) is 0 Å². The molecule has 1 aromatic rings. The minimum absolute atomic E-state index is 0. The average Bonchev–Trinajstić information content (AvgIpc) is 3.35. The number of ether oxygens (including phenoxy) is 1. The molecule has 29 heavy (non-hydrogen) atoms. The summed E-state index contributed by atoms with van der Waals surface area (Å²) >= 11 is 0. The zero-order valence-electron chi connectivity index (χ0n) is 18.5. The molecule has 1 saturated carbocycles. The van der Waals surface area contributed by atoms with Gasteiger partial charge in [0.2, 0.25) is 0 Å². The quantitative estimate of drug-likeness (QED) is 0.338. The largest absolute Gasteiger partial charge is 0.371 e. The highest BCUT2D eigenvalue weighted by Crippen LogP contribution is 2.26. The van der Waals surface area contributed by atoms with Gasteiger partial charge in [0.05, 0.1) is 12.2 Å². The monoisotopic (exact) mass is 514 g/mol. The lowest BCUT2D eigenvalue weighted by atomic mass is 10.1. The average molecular weight is 514 g/mol. The molecule has 1 unspecified atom stereocenters. The summed E-state index contributed by atoms with van der Waals surface area (Å²) in [5.41, 5.74) is 2.34. The first-order chi connectivity index (χ1) is 13.4. The van der Waals surface area contributed by atoms with Gasteiger partial charge in [-0.3, -0.25) is 9.89 Å². The zero-order valence-corrected chi connectivity index (χ0v) is 20.9. The fourth-order valence-corrected chi connectivity index (χ4v) is 4.21. The number of aliphatic imine (C=N–C) groups is 1. The number of likely N-dealkylation sites (tertiary alicyclic amines) is 1. The third-order valence-corrected chi connectivity index (χ3v) is 5.75. The minimum Gasteiger partial charge on any atom is -0.371 e. The molecule has 6 heteroatoms. The van der Waals surface area contributed by atoms with E-state index >= 15 is 0 Å². The van der Waals surface area contributed by atoms with Gasteiger partial charge < -0.3 is 15.4 Å². The Morgan fingerprint density at radius 3 is 2.59 bits per heavy atom. The third-order valence-electron chi connectivity index (χ3n) is 5.75. The molecule has 2 aliphatic rings. The second-order valence-corrected chi connectivity index (χ2v) is 9.21. The van der Waals surface area contributed by atoms with Crippen molar-refractivity contribution in [3.8, 4) is 0 Å². The van der Waals surface area contributed by atoms with Crippen LogP contribution in [0.4, 0.5) is 0 Å². The SMILES string of the molecule is CN=C(NCc1cccc(COC(C)(C)C)c1)NC1CCN(C2CCCC2)C1.I. The van der Waals surface area contributed by atoms with E-state index in [-0.39, 0.29) is 29.6 Å². The molecular formula is C23H39IN4O. The van der Waals surface area contributed by atoms with Crippen LogP contribution in [0, 0.1) is 0 Å². The van der Waals surface area contributed by atoms with Crippen molar-refractivity contribution in [1.29, 1.82) is 0 Å². The van der Waals surface area contributed by atoms with Crippen LogP contribution in [0.5, 0.6) is 0 Å². The number of hydrogen-bond donors (Lipinski definition) is 2. The Hall–Kier alpha value is -0.860. The van der Waals surface area contributed by atoms with Crippen LogP contribution in [0.15, 0.2) is 29.3 Å². The van der Waals surface area contributed by atoms with E-state index < -0.39 is 0 Å². The number of hydrogen-bond acceptors (Lipinski definition) is 3. The highest BCUT2D eigenvalue weighted by molar-refractivity contribution is 14.0. The van der Waals surface area contributed by atoms with Crippen molar-refractivity contribution < 1.29 is 4.74 Å². The zero-order chi connectivity index (χ0) is 20.0. The van der Waals surface area contributed by atoms with E-state index in [1.807, 2.05) is 7.05 Å². The molecule has 5 nitrogen and oxygen atoms in total. The molecule has 0 amide bonds. The van der Waals surface area contributed by atoms with Crippen molar-refractivity contribution >= 4 is 29.9 Å². The van der Waals surface area contributed by atoms with Gasteiger partial charge in [-0.25, -0.2) is 0 Å². The molecule has 0 bridgehead atoms. The Bertz CT molecular complexity index is 653. The molecule has 1 atom stereocenters. The van der Waals surface area contributed by atoms with Crippen molar-refractivity contribution in [2.24, 2.45) is 4.99 Å². The molecule has 0 spiro atoms. The molecule has 3 rings (SSSR count). The molecule has 1 aliphatic heterocycles. The summed E-state index contributed by atoms with van der Waals surface area (Å²) in [5.74, 6) is 0.898. The first-order valence-corrected chi connectivity index (χ1v) is 10.9. The van der Waals surface area contributed by atoms with E-state index in [0.717, 1.165) is 25.1 Å². The molecule has 1 saturated heterocycles. The Labute approximate surface area is 194 Å². The van der Waals surface area contributed by atoms with Crippen molar-refractivity contribution in [2.75, 3.05) is 20.1 Å². The molecule has 2 N–H and O–H groups in total. The smallest absolute Gasteiger partial charge is 0.191 e. The van der Waals surface area contributed by atoms with Gasteiger partial charge in [-0.15, -0.1) is 24.0 Å². The number of nitrogens with one attached hydrogen (secondary N) is 2. The molecule has 1 heterocycles. The minimum atomic E-state index is -0.117. The van der Waals surface area contributed by atoms with E-state index in [9.17, 15) is 0 Å². The Morgan fingerprint density at radius 2 is 1.90 bits per heavy atom. The Morgan fingerprint density at radius 1 is 1.17 bits per heavy atom. The van der Waals surface area contributed by atoms with Gasteiger partial charge in [0.15, 0.2) is 5.96 Å². The lowest BCUT2D eigenvalue weighted by Crippen LogP contribution is -2.45. The van der Waals surface area contributed by atoms with Gasteiger partial charge in [-0.1, -0.05) is 37.1 Å². The highest BCUT2D eigenvalue weighted by atomic mass is 127. The van der Waals surface area contributed by atoms with Crippen LogP contribution in [-0.2, 0) is 17.9 Å². The van der Waals surface area contributed by atoms with E-state index in [2.05, 4.69) is 65.6 Å². The number of rotatable bonds is 6. The summed E-state index contributed by atoms with van der Waals surface area (Å²) in [6.07, 6.45) is 6.78. The predicted octanol–water partition coefficient (Wildman–Crippen LogP) is 4.30. The van der Waals surface area contributed by atoms with Crippen molar-refractivity contribution in [3.63, 3.8) is 0 Å². The van der Waals surface area contributed by atoms with Crippen LogP contribution in [-0.4, -0.2) is 48.7 Å². The lowest BCUT2D eigenvalue weighted by molar-refractivity contribution is -0.0149. The van der Waals surface area contributed by atoms with Crippen LogP contribution in [0.2, 0.25) is 0 Å². The summed E-state index contributed by atoms with van der Waals surface area (Å²) < 4.78 is 5.90. The third kappa shape index (κ3) is 8.06. The molecule has 2 fully saturated rings.